The van der Waals surface area contributed by atoms with Gasteiger partial charge in [-0.3, -0.25) is 0 Å². The number of hydrogen-bond acceptors (Lipinski definition) is 1. The highest BCUT2D eigenvalue weighted by atomic mass is 35.5. The van der Waals surface area contributed by atoms with Crippen LogP contribution in [0, 0.1) is 0 Å². The van der Waals surface area contributed by atoms with E-state index < -0.39 is 0 Å². The van der Waals surface area contributed by atoms with Gasteiger partial charge in [0.2, 0.25) is 0 Å². The SMILES string of the molecule is CCNC(c1cccc(Cl)c1Cl)C1CCc2ccccc21. The number of benzene rings is 2. The first kappa shape index (κ1) is 14.9. The fraction of sp³-hybridized carbons (Fsp3) is 0.333. The molecule has 0 spiro atoms. The molecule has 1 N–H and O–H groups in total. The molecule has 2 atom stereocenters. The van der Waals surface area contributed by atoms with E-state index in [1.54, 1.807) is 0 Å². The van der Waals surface area contributed by atoms with E-state index in [0.29, 0.717) is 16.0 Å². The molecule has 3 heteroatoms. The number of halogens is 2. The second-order valence-corrected chi connectivity index (χ2v) is 6.31. The first-order chi connectivity index (χ1) is 10.2. The minimum absolute atomic E-state index is 0.213. The number of hydrogen-bond donors (Lipinski definition) is 1. The van der Waals surface area contributed by atoms with Crippen LogP contribution in [0.5, 0.6) is 0 Å². The quantitative estimate of drug-likeness (QED) is 0.798. The molecular formula is C18H19Cl2N. The summed E-state index contributed by atoms with van der Waals surface area (Å²) in [4.78, 5) is 0. The highest BCUT2D eigenvalue weighted by molar-refractivity contribution is 6.42. The van der Waals surface area contributed by atoms with E-state index in [-0.39, 0.29) is 6.04 Å². The second-order valence-electron chi connectivity index (χ2n) is 5.52. The number of rotatable bonds is 4. The topological polar surface area (TPSA) is 12.0 Å². The second kappa shape index (κ2) is 6.39. The van der Waals surface area contributed by atoms with E-state index in [1.165, 1.54) is 11.1 Å². The maximum absolute atomic E-state index is 6.46. The lowest BCUT2D eigenvalue weighted by Gasteiger charge is -2.27. The first-order valence-electron chi connectivity index (χ1n) is 7.47. The molecule has 1 nitrogen and oxygen atoms in total. The van der Waals surface area contributed by atoms with Gasteiger partial charge in [-0.15, -0.1) is 0 Å². The van der Waals surface area contributed by atoms with Crippen LogP contribution in [0.2, 0.25) is 10.0 Å². The van der Waals surface area contributed by atoms with Gasteiger partial charge in [0.15, 0.2) is 0 Å². The lowest BCUT2D eigenvalue weighted by Crippen LogP contribution is -2.26. The van der Waals surface area contributed by atoms with Gasteiger partial charge >= 0.3 is 0 Å². The molecule has 1 aliphatic rings. The summed E-state index contributed by atoms with van der Waals surface area (Å²) >= 11 is 12.7. The van der Waals surface area contributed by atoms with E-state index in [0.717, 1.165) is 24.9 Å². The van der Waals surface area contributed by atoms with Crippen molar-refractivity contribution >= 4 is 23.2 Å². The summed E-state index contributed by atoms with van der Waals surface area (Å²) in [5, 5.41) is 4.91. The van der Waals surface area contributed by atoms with Crippen LogP contribution in [-0.4, -0.2) is 6.54 Å². The molecule has 0 saturated carbocycles. The molecule has 0 aromatic heterocycles. The Kier molecular flexibility index (Phi) is 4.54. The van der Waals surface area contributed by atoms with E-state index in [4.69, 9.17) is 23.2 Å². The van der Waals surface area contributed by atoms with Crippen molar-refractivity contribution in [1.29, 1.82) is 0 Å². The Bertz CT molecular complexity index is 639. The Labute approximate surface area is 136 Å². The van der Waals surface area contributed by atoms with Crippen molar-refractivity contribution in [3.05, 3.63) is 69.2 Å². The van der Waals surface area contributed by atoms with Crippen LogP contribution >= 0.6 is 23.2 Å². The van der Waals surface area contributed by atoms with Gasteiger partial charge in [-0.1, -0.05) is 66.5 Å². The summed E-state index contributed by atoms with van der Waals surface area (Å²) in [6, 6.07) is 14.9. The van der Waals surface area contributed by atoms with Crippen molar-refractivity contribution in [1.82, 2.24) is 5.32 Å². The molecule has 2 unspecified atom stereocenters. The van der Waals surface area contributed by atoms with E-state index in [9.17, 15) is 0 Å². The van der Waals surface area contributed by atoms with Crippen LogP contribution in [0.1, 0.15) is 42.0 Å². The van der Waals surface area contributed by atoms with Crippen LogP contribution in [-0.2, 0) is 6.42 Å². The molecule has 0 bridgehead atoms. The van der Waals surface area contributed by atoms with Crippen LogP contribution in [0.25, 0.3) is 0 Å². The Balaban J connectivity index is 2.02. The highest BCUT2D eigenvalue weighted by Crippen LogP contribution is 2.44. The third-order valence-electron chi connectivity index (χ3n) is 4.32. The normalized spacial score (nSPS) is 18.5. The Morgan fingerprint density at radius 1 is 1.14 bits per heavy atom. The van der Waals surface area contributed by atoms with Gasteiger partial charge in [-0.05, 0) is 42.1 Å². The van der Waals surface area contributed by atoms with Gasteiger partial charge in [0, 0.05) is 12.0 Å². The van der Waals surface area contributed by atoms with Crippen LogP contribution in [0.4, 0.5) is 0 Å². The molecule has 2 aromatic rings. The van der Waals surface area contributed by atoms with Crippen molar-refractivity contribution in [2.24, 2.45) is 0 Å². The number of likely N-dealkylation sites (N-methyl/N-ethyl adjacent to an activating group) is 1. The predicted octanol–water partition coefficient (Wildman–Crippen LogP) is 5.37. The summed E-state index contributed by atoms with van der Waals surface area (Å²) in [6.45, 7) is 3.04. The summed E-state index contributed by atoms with van der Waals surface area (Å²) in [7, 11) is 0. The molecule has 0 amide bonds. The summed E-state index contributed by atoms with van der Waals surface area (Å²) < 4.78 is 0. The van der Waals surface area contributed by atoms with Gasteiger partial charge < -0.3 is 5.32 Å². The van der Waals surface area contributed by atoms with Crippen LogP contribution in [0.3, 0.4) is 0 Å². The van der Waals surface area contributed by atoms with E-state index in [2.05, 4.69) is 42.6 Å². The average Bonchev–Trinajstić information content (AvgIpc) is 2.92. The molecule has 2 aromatic carbocycles. The Morgan fingerprint density at radius 2 is 1.95 bits per heavy atom. The zero-order valence-electron chi connectivity index (χ0n) is 12.1. The largest absolute Gasteiger partial charge is 0.310 e. The molecule has 0 radical (unpaired) electrons. The standard InChI is InChI=1S/C18H19Cl2N/c1-2-21-18(15-8-5-9-16(19)17(15)20)14-11-10-12-6-3-4-7-13(12)14/h3-9,14,18,21H,2,10-11H2,1H3. The minimum Gasteiger partial charge on any atom is -0.310 e. The predicted molar refractivity (Wildman–Crippen MR) is 90.4 cm³/mol. The molecule has 0 aliphatic heterocycles. The minimum atomic E-state index is 0.213. The number of fused-ring (bicyclic) bond motifs is 1. The van der Waals surface area contributed by atoms with Crippen molar-refractivity contribution < 1.29 is 0 Å². The fourth-order valence-electron chi connectivity index (χ4n) is 3.39. The molecule has 110 valence electrons. The molecule has 1 aliphatic carbocycles. The van der Waals surface area contributed by atoms with Crippen molar-refractivity contribution in [3.63, 3.8) is 0 Å². The average molecular weight is 320 g/mol. The molecule has 0 fully saturated rings. The summed E-state index contributed by atoms with van der Waals surface area (Å²) in [6.07, 6.45) is 2.29. The molecule has 21 heavy (non-hydrogen) atoms. The maximum atomic E-state index is 6.46. The third-order valence-corrected chi connectivity index (χ3v) is 5.16. The molecule has 3 rings (SSSR count). The fourth-order valence-corrected chi connectivity index (χ4v) is 3.81. The number of aryl methyl sites for hydroxylation is 1. The molecular weight excluding hydrogens is 301 g/mol. The lowest BCUT2D eigenvalue weighted by molar-refractivity contribution is 0.453. The Morgan fingerprint density at radius 3 is 2.76 bits per heavy atom. The monoisotopic (exact) mass is 319 g/mol. The van der Waals surface area contributed by atoms with E-state index >= 15 is 0 Å². The zero-order chi connectivity index (χ0) is 14.8. The van der Waals surface area contributed by atoms with Gasteiger partial charge in [-0.25, -0.2) is 0 Å². The van der Waals surface area contributed by atoms with E-state index in [1.807, 2.05) is 12.1 Å². The first-order valence-corrected chi connectivity index (χ1v) is 8.23. The van der Waals surface area contributed by atoms with Crippen LogP contribution in [0.15, 0.2) is 42.5 Å². The van der Waals surface area contributed by atoms with Gasteiger partial charge in [-0.2, -0.15) is 0 Å². The summed E-state index contributed by atoms with van der Waals surface area (Å²) in [5.74, 6) is 0.456. The Hall–Kier alpha value is -1.02. The maximum Gasteiger partial charge on any atom is 0.0640 e. The van der Waals surface area contributed by atoms with Crippen molar-refractivity contribution in [3.8, 4) is 0 Å². The molecule has 0 heterocycles. The zero-order valence-corrected chi connectivity index (χ0v) is 13.6. The van der Waals surface area contributed by atoms with Crippen molar-refractivity contribution in [2.75, 3.05) is 6.54 Å². The van der Waals surface area contributed by atoms with Crippen LogP contribution < -0.4 is 5.32 Å². The van der Waals surface area contributed by atoms with Gasteiger partial charge in [0.05, 0.1) is 10.0 Å². The lowest BCUT2D eigenvalue weighted by atomic mass is 9.88. The van der Waals surface area contributed by atoms with Crippen molar-refractivity contribution in [2.45, 2.75) is 31.7 Å². The van der Waals surface area contributed by atoms with Gasteiger partial charge in [0.25, 0.3) is 0 Å². The highest BCUT2D eigenvalue weighted by Gasteiger charge is 2.31. The third kappa shape index (κ3) is 2.83. The summed E-state index contributed by atoms with van der Waals surface area (Å²) in [5.41, 5.74) is 4.01. The smallest absolute Gasteiger partial charge is 0.0640 e. The van der Waals surface area contributed by atoms with Gasteiger partial charge in [0.1, 0.15) is 0 Å². The number of nitrogens with one attached hydrogen (secondary N) is 1. The molecule has 0 saturated heterocycles.